The summed E-state index contributed by atoms with van der Waals surface area (Å²) in [7, 11) is 0. The number of rotatable bonds is 5. The van der Waals surface area contributed by atoms with Gasteiger partial charge in [-0.1, -0.05) is 48.5 Å². The number of carbonyl (C=O) groups excluding carboxylic acids is 1. The number of nitrogens with zero attached hydrogens (tertiary/aromatic N) is 1. The molecule has 0 radical (unpaired) electrons. The molecule has 0 aliphatic heterocycles. The van der Waals surface area contributed by atoms with Gasteiger partial charge in [-0.3, -0.25) is 10.1 Å². The largest absolute Gasteiger partial charge is 0.483 e. The number of hydrogen-bond acceptors (Lipinski definition) is 4. The summed E-state index contributed by atoms with van der Waals surface area (Å²) in [5.41, 5.74) is 2.02. The number of hydrogen-bond donors (Lipinski definition) is 1. The van der Waals surface area contributed by atoms with Crippen LogP contribution in [-0.2, 0) is 4.79 Å². The standard InChI is InChI=1S/C17H14N2O2S/c20-16(19-17-18-10-11-22-17)12-21-15-9-5-4-8-14(15)13-6-2-1-3-7-13/h1-11H,12H2,(H,18,19,20). The Kier molecular flexibility index (Phi) is 4.46. The van der Waals surface area contributed by atoms with Crippen LogP contribution in [0.25, 0.3) is 11.1 Å². The third kappa shape index (κ3) is 3.51. The highest BCUT2D eigenvalue weighted by Crippen LogP contribution is 2.29. The topological polar surface area (TPSA) is 51.2 Å². The van der Waals surface area contributed by atoms with Crippen molar-refractivity contribution in [1.29, 1.82) is 0 Å². The zero-order valence-corrected chi connectivity index (χ0v) is 12.5. The van der Waals surface area contributed by atoms with E-state index in [0.717, 1.165) is 11.1 Å². The zero-order chi connectivity index (χ0) is 15.2. The number of benzene rings is 2. The smallest absolute Gasteiger partial charge is 0.264 e. The van der Waals surface area contributed by atoms with Crippen LogP contribution in [0.4, 0.5) is 5.13 Å². The molecule has 1 amide bonds. The quantitative estimate of drug-likeness (QED) is 0.779. The lowest BCUT2D eigenvalue weighted by molar-refractivity contribution is -0.118. The second-order valence-electron chi connectivity index (χ2n) is 4.54. The maximum atomic E-state index is 11.9. The van der Waals surface area contributed by atoms with E-state index in [0.29, 0.717) is 10.9 Å². The van der Waals surface area contributed by atoms with Crippen molar-refractivity contribution in [3.63, 3.8) is 0 Å². The highest BCUT2D eigenvalue weighted by molar-refractivity contribution is 7.13. The van der Waals surface area contributed by atoms with Crippen LogP contribution in [-0.4, -0.2) is 17.5 Å². The Bertz CT molecular complexity index is 742. The van der Waals surface area contributed by atoms with Gasteiger partial charge in [-0.25, -0.2) is 4.98 Å². The molecule has 110 valence electrons. The van der Waals surface area contributed by atoms with E-state index >= 15 is 0 Å². The summed E-state index contributed by atoms with van der Waals surface area (Å²) in [6.07, 6.45) is 1.64. The maximum Gasteiger partial charge on any atom is 0.264 e. The molecule has 0 bridgehead atoms. The van der Waals surface area contributed by atoms with Gasteiger partial charge in [0.15, 0.2) is 11.7 Å². The zero-order valence-electron chi connectivity index (χ0n) is 11.7. The summed E-state index contributed by atoms with van der Waals surface area (Å²) in [5, 5.41) is 5.08. The lowest BCUT2D eigenvalue weighted by atomic mass is 10.1. The summed E-state index contributed by atoms with van der Waals surface area (Å²) in [6, 6.07) is 17.6. The van der Waals surface area contributed by atoms with Crippen LogP contribution >= 0.6 is 11.3 Å². The van der Waals surface area contributed by atoms with Crippen molar-refractivity contribution in [2.75, 3.05) is 11.9 Å². The number of carbonyl (C=O) groups is 1. The Morgan fingerprint density at radius 2 is 1.86 bits per heavy atom. The number of thiazole rings is 1. The fourth-order valence-corrected chi connectivity index (χ4v) is 2.58. The molecule has 0 aliphatic carbocycles. The van der Waals surface area contributed by atoms with Gasteiger partial charge in [-0.15, -0.1) is 11.3 Å². The first-order chi connectivity index (χ1) is 10.8. The van der Waals surface area contributed by atoms with Crippen molar-refractivity contribution in [2.24, 2.45) is 0 Å². The summed E-state index contributed by atoms with van der Waals surface area (Å²) < 4.78 is 5.67. The molecule has 0 fully saturated rings. The lowest BCUT2D eigenvalue weighted by Crippen LogP contribution is -2.20. The number of amides is 1. The van der Waals surface area contributed by atoms with Gasteiger partial charge in [0.1, 0.15) is 5.75 Å². The highest BCUT2D eigenvalue weighted by Gasteiger charge is 2.09. The SMILES string of the molecule is O=C(COc1ccccc1-c1ccccc1)Nc1nccs1. The minimum atomic E-state index is -0.224. The summed E-state index contributed by atoms with van der Waals surface area (Å²) in [6.45, 7) is -0.0522. The number of para-hydroxylation sites is 1. The second-order valence-corrected chi connectivity index (χ2v) is 5.43. The molecule has 2 aromatic carbocycles. The third-order valence-corrected chi connectivity index (χ3v) is 3.70. The molecule has 0 saturated heterocycles. The van der Waals surface area contributed by atoms with E-state index in [1.54, 1.807) is 11.6 Å². The third-order valence-electron chi connectivity index (χ3n) is 3.01. The van der Waals surface area contributed by atoms with Crippen LogP contribution in [0.5, 0.6) is 5.75 Å². The van der Waals surface area contributed by atoms with Gasteiger partial charge >= 0.3 is 0 Å². The Morgan fingerprint density at radius 3 is 2.64 bits per heavy atom. The number of anilines is 1. The van der Waals surface area contributed by atoms with E-state index in [-0.39, 0.29) is 12.5 Å². The Labute approximate surface area is 132 Å². The fourth-order valence-electron chi connectivity index (χ4n) is 2.03. The van der Waals surface area contributed by atoms with Crippen molar-refractivity contribution in [3.8, 4) is 16.9 Å². The van der Waals surface area contributed by atoms with Gasteiger partial charge in [-0.2, -0.15) is 0 Å². The summed E-state index contributed by atoms with van der Waals surface area (Å²) in [4.78, 5) is 15.9. The number of ether oxygens (including phenoxy) is 1. The Balaban J connectivity index is 1.69. The van der Waals surface area contributed by atoms with Gasteiger partial charge in [-0.05, 0) is 11.6 Å². The molecule has 0 saturated carbocycles. The lowest BCUT2D eigenvalue weighted by Gasteiger charge is -2.11. The molecule has 4 nitrogen and oxygen atoms in total. The van der Waals surface area contributed by atoms with Crippen LogP contribution in [0, 0.1) is 0 Å². The number of nitrogens with one attached hydrogen (secondary N) is 1. The minimum Gasteiger partial charge on any atom is -0.483 e. The molecule has 0 aliphatic rings. The van der Waals surface area contributed by atoms with Gasteiger partial charge in [0.05, 0.1) is 0 Å². The molecule has 0 atom stereocenters. The van der Waals surface area contributed by atoms with Crippen LogP contribution < -0.4 is 10.1 Å². The van der Waals surface area contributed by atoms with E-state index < -0.39 is 0 Å². The van der Waals surface area contributed by atoms with Crippen molar-refractivity contribution in [1.82, 2.24) is 4.98 Å². The summed E-state index contributed by atoms with van der Waals surface area (Å²) in [5.74, 6) is 0.459. The van der Waals surface area contributed by atoms with Crippen molar-refractivity contribution in [2.45, 2.75) is 0 Å². The van der Waals surface area contributed by atoms with Gasteiger partial charge in [0.25, 0.3) is 5.91 Å². The molecule has 5 heteroatoms. The predicted octanol–water partition coefficient (Wildman–Crippen LogP) is 3.83. The van der Waals surface area contributed by atoms with Crippen LogP contribution in [0.3, 0.4) is 0 Å². The average molecular weight is 310 g/mol. The molecular formula is C17H14N2O2S. The molecule has 0 spiro atoms. The molecule has 22 heavy (non-hydrogen) atoms. The molecule has 3 rings (SSSR count). The average Bonchev–Trinajstić information content (AvgIpc) is 3.07. The second kappa shape index (κ2) is 6.87. The first-order valence-corrected chi connectivity index (χ1v) is 7.67. The fraction of sp³-hybridized carbons (Fsp3) is 0.0588. The van der Waals surface area contributed by atoms with Crippen LogP contribution in [0.2, 0.25) is 0 Å². The minimum absolute atomic E-state index is 0.0522. The van der Waals surface area contributed by atoms with Gasteiger partial charge in [0, 0.05) is 17.1 Å². The van der Waals surface area contributed by atoms with E-state index in [1.807, 2.05) is 54.6 Å². The van der Waals surface area contributed by atoms with Gasteiger partial charge in [0.2, 0.25) is 0 Å². The predicted molar refractivity (Wildman–Crippen MR) is 88.1 cm³/mol. The molecule has 1 aromatic heterocycles. The van der Waals surface area contributed by atoms with Gasteiger partial charge < -0.3 is 4.74 Å². The Hall–Kier alpha value is -2.66. The van der Waals surface area contributed by atoms with E-state index in [2.05, 4.69) is 10.3 Å². The molecule has 0 unspecified atom stereocenters. The first kappa shape index (κ1) is 14.3. The number of aromatic nitrogens is 1. The van der Waals surface area contributed by atoms with Crippen LogP contribution in [0.15, 0.2) is 66.2 Å². The maximum absolute atomic E-state index is 11.9. The van der Waals surface area contributed by atoms with E-state index in [9.17, 15) is 4.79 Å². The normalized spacial score (nSPS) is 10.2. The monoisotopic (exact) mass is 310 g/mol. The van der Waals surface area contributed by atoms with E-state index in [1.165, 1.54) is 11.3 Å². The Morgan fingerprint density at radius 1 is 1.09 bits per heavy atom. The molecule has 1 N–H and O–H groups in total. The van der Waals surface area contributed by atoms with Crippen molar-refractivity contribution < 1.29 is 9.53 Å². The van der Waals surface area contributed by atoms with Crippen LogP contribution in [0.1, 0.15) is 0 Å². The first-order valence-electron chi connectivity index (χ1n) is 6.79. The van der Waals surface area contributed by atoms with Crippen molar-refractivity contribution in [3.05, 3.63) is 66.2 Å². The van der Waals surface area contributed by atoms with E-state index in [4.69, 9.17) is 4.74 Å². The molecule has 3 aromatic rings. The van der Waals surface area contributed by atoms with Crippen molar-refractivity contribution >= 4 is 22.4 Å². The highest BCUT2D eigenvalue weighted by atomic mass is 32.1. The summed E-state index contributed by atoms with van der Waals surface area (Å²) >= 11 is 1.37. The molecule has 1 heterocycles. The molecular weight excluding hydrogens is 296 g/mol.